The first-order valence-electron chi connectivity index (χ1n) is 4.80. The lowest BCUT2D eigenvalue weighted by Gasteiger charge is -2.31. The summed E-state index contributed by atoms with van der Waals surface area (Å²) in [6.07, 6.45) is 3.27. The lowest BCUT2D eigenvalue weighted by molar-refractivity contribution is 0.170. The van der Waals surface area contributed by atoms with Crippen LogP contribution in [-0.2, 0) is 0 Å². The summed E-state index contributed by atoms with van der Waals surface area (Å²) in [4.78, 5) is 2.35. The fraction of sp³-hybridized carbons (Fsp3) is 1.00. The van der Waals surface area contributed by atoms with Gasteiger partial charge in [-0.3, -0.25) is 0 Å². The summed E-state index contributed by atoms with van der Waals surface area (Å²) in [7, 11) is 2.15. The molecule has 0 rings (SSSR count). The maximum absolute atomic E-state index is 8.58. The van der Waals surface area contributed by atoms with Gasteiger partial charge in [0.05, 0.1) is 0 Å². The molecule has 2 heteroatoms. The fourth-order valence-corrected chi connectivity index (χ4v) is 0.973. The van der Waals surface area contributed by atoms with E-state index in [-0.39, 0.29) is 5.54 Å². The molecule has 0 saturated carbocycles. The van der Waals surface area contributed by atoms with E-state index in [1.54, 1.807) is 0 Å². The molecule has 0 aliphatic rings. The van der Waals surface area contributed by atoms with Crippen LogP contribution in [0.25, 0.3) is 0 Å². The van der Waals surface area contributed by atoms with Gasteiger partial charge in [-0.2, -0.15) is 0 Å². The topological polar surface area (TPSA) is 23.5 Å². The highest BCUT2D eigenvalue weighted by molar-refractivity contribution is 4.72. The summed E-state index contributed by atoms with van der Waals surface area (Å²) in [5.41, 5.74) is 0.277. The zero-order valence-corrected chi connectivity index (χ0v) is 8.93. The van der Waals surface area contributed by atoms with Crippen LogP contribution in [-0.4, -0.2) is 35.7 Å². The van der Waals surface area contributed by atoms with Crippen LogP contribution in [0.5, 0.6) is 0 Å². The van der Waals surface area contributed by atoms with Crippen LogP contribution in [0.2, 0.25) is 0 Å². The number of hydrogen-bond donors (Lipinski definition) is 1. The first-order valence-corrected chi connectivity index (χ1v) is 4.80. The van der Waals surface area contributed by atoms with Crippen molar-refractivity contribution in [1.82, 2.24) is 4.90 Å². The third-order valence-corrected chi connectivity index (χ3v) is 2.30. The zero-order chi connectivity index (χ0) is 9.61. The second-order valence-corrected chi connectivity index (χ2v) is 4.38. The normalized spacial score (nSPS) is 12.5. The Morgan fingerprint density at radius 3 is 2.08 bits per heavy atom. The van der Waals surface area contributed by atoms with Gasteiger partial charge in [-0.15, -0.1) is 0 Å². The van der Waals surface area contributed by atoms with E-state index in [1.807, 2.05) is 0 Å². The van der Waals surface area contributed by atoms with Crippen LogP contribution in [0.4, 0.5) is 0 Å². The first kappa shape index (κ1) is 11.9. The molecule has 0 radical (unpaired) electrons. The van der Waals surface area contributed by atoms with Gasteiger partial charge < -0.3 is 10.0 Å². The molecule has 0 aliphatic heterocycles. The van der Waals surface area contributed by atoms with E-state index < -0.39 is 0 Å². The molecule has 0 amide bonds. The Morgan fingerprint density at radius 2 is 1.67 bits per heavy atom. The van der Waals surface area contributed by atoms with E-state index in [0.717, 1.165) is 19.4 Å². The largest absolute Gasteiger partial charge is 0.396 e. The summed E-state index contributed by atoms with van der Waals surface area (Å²) in [5, 5.41) is 8.58. The molecule has 0 aromatic carbocycles. The Kier molecular flexibility index (Phi) is 5.51. The van der Waals surface area contributed by atoms with Gasteiger partial charge in [-0.05, 0) is 53.6 Å². The van der Waals surface area contributed by atoms with Crippen molar-refractivity contribution in [2.45, 2.75) is 45.6 Å². The van der Waals surface area contributed by atoms with Gasteiger partial charge in [-0.1, -0.05) is 0 Å². The van der Waals surface area contributed by atoms with Crippen LogP contribution in [0, 0.1) is 0 Å². The van der Waals surface area contributed by atoms with Gasteiger partial charge in [0.25, 0.3) is 0 Å². The molecule has 0 fully saturated rings. The van der Waals surface area contributed by atoms with Gasteiger partial charge in [0.15, 0.2) is 0 Å². The highest BCUT2D eigenvalue weighted by Crippen LogP contribution is 2.11. The first-order chi connectivity index (χ1) is 5.48. The molecule has 12 heavy (non-hydrogen) atoms. The fourth-order valence-electron chi connectivity index (χ4n) is 0.973. The lowest BCUT2D eigenvalue weighted by atomic mass is 10.1. The van der Waals surface area contributed by atoms with Gasteiger partial charge in [0.2, 0.25) is 0 Å². The molecule has 74 valence electrons. The number of aliphatic hydroxyl groups is 1. The molecule has 0 spiro atoms. The van der Waals surface area contributed by atoms with Gasteiger partial charge in [0.1, 0.15) is 0 Å². The van der Waals surface area contributed by atoms with Crippen molar-refractivity contribution in [3.8, 4) is 0 Å². The summed E-state index contributed by atoms with van der Waals surface area (Å²) >= 11 is 0. The lowest BCUT2D eigenvalue weighted by Crippen LogP contribution is -2.38. The van der Waals surface area contributed by atoms with Crippen LogP contribution in [0.3, 0.4) is 0 Å². The maximum atomic E-state index is 8.58. The molecule has 1 N–H and O–H groups in total. The van der Waals surface area contributed by atoms with E-state index in [9.17, 15) is 0 Å². The van der Waals surface area contributed by atoms with Crippen molar-refractivity contribution in [2.24, 2.45) is 0 Å². The second kappa shape index (κ2) is 5.55. The predicted octanol–water partition coefficient (Wildman–Crippen LogP) is 1.88. The third-order valence-electron chi connectivity index (χ3n) is 2.30. The number of rotatable bonds is 5. The van der Waals surface area contributed by atoms with Gasteiger partial charge >= 0.3 is 0 Å². The third kappa shape index (κ3) is 5.56. The zero-order valence-electron chi connectivity index (χ0n) is 8.93. The second-order valence-electron chi connectivity index (χ2n) is 4.38. The van der Waals surface area contributed by atoms with E-state index in [2.05, 4.69) is 32.7 Å². The molecular weight excluding hydrogens is 150 g/mol. The highest BCUT2D eigenvalue weighted by Gasteiger charge is 2.15. The number of unbranched alkanes of at least 4 members (excludes halogenated alkanes) is 2. The van der Waals surface area contributed by atoms with Crippen molar-refractivity contribution in [1.29, 1.82) is 0 Å². The minimum absolute atomic E-state index is 0.277. The Morgan fingerprint density at radius 1 is 1.08 bits per heavy atom. The molecule has 0 bridgehead atoms. The Labute approximate surface area is 76.6 Å². The Hall–Kier alpha value is -0.0800. The summed E-state index contributed by atoms with van der Waals surface area (Å²) < 4.78 is 0. The minimum atomic E-state index is 0.277. The SMILES string of the molecule is CN(CCCCCO)C(C)(C)C. The van der Waals surface area contributed by atoms with Gasteiger partial charge in [-0.25, -0.2) is 0 Å². The highest BCUT2D eigenvalue weighted by atomic mass is 16.2. The maximum Gasteiger partial charge on any atom is 0.0431 e. The molecule has 0 heterocycles. The number of nitrogens with zero attached hydrogens (tertiary/aromatic N) is 1. The summed E-state index contributed by atoms with van der Waals surface area (Å²) in [6.45, 7) is 8.12. The molecule has 0 saturated heterocycles. The monoisotopic (exact) mass is 173 g/mol. The minimum Gasteiger partial charge on any atom is -0.396 e. The van der Waals surface area contributed by atoms with E-state index in [1.165, 1.54) is 6.42 Å². The average molecular weight is 173 g/mol. The van der Waals surface area contributed by atoms with E-state index in [4.69, 9.17) is 5.11 Å². The molecule has 0 atom stereocenters. The van der Waals surface area contributed by atoms with E-state index in [0.29, 0.717) is 6.61 Å². The quantitative estimate of drug-likeness (QED) is 0.642. The molecule has 0 aliphatic carbocycles. The van der Waals surface area contributed by atoms with Crippen LogP contribution in [0.15, 0.2) is 0 Å². The van der Waals surface area contributed by atoms with Crippen molar-refractivity contribution < 1.29 is 5.11 Å². The molecule has 2 nitrogen and oxygen atoms in total. The Balaban J connectivity index is 3.38. The molecule has 0 unspecified atom stereocenters. The van der Waals surface area contributed by atoms with Crippen LogP contribution in [0.1, 0.15) is 40.0 Å². The smallest absolute Gasteiger partial charge is 0.0431 e. The van der Waals surface area contributed by atoms with Crippen LogP contribution < -0.4 is 0 Å². The van der Waals surface area contributed by atoms with E-state index >= 15 is 0 Å². The number of aliphatic hydroxyl groups excluding tert-OH is 1. The number of hydrogen-bond acceptors (Lipinski definition) is 2. The van der Waals surface area contributed by atoms with Crippen molar-refractivity contribution in [2.75, 3.05) is 20.2 Å². The standard InChI is InChI=1S/C10H23NO/c1-10(2,3)11(4)8-6-5-7-9-12/h12H,5-9H2,1-4H3. The van der Waals surface area contributed by atoms with Crippen molar-refractivity contribution in [3.05, 3.63) is 0 Å². The summed E-state index contributed by atoms with van der Waals surface area (Å²) in [5.74, 6) is 0. The van der Waals surface area contributed by atoms with Gasteiger partial charge in [0, 0.05) is 12.1 Å². The predicted molar refractivity (Wildman–Crippen MR) is 53.3 cm³/mol. The molecule has 0 aromatic rings. The summed E-state index contributed by atoms with van der Waals surface area (Å²) in [6, 6.07) is 0. The van der Waals surface area contributed by atoms with Crippen molar-refractivity contribution in [3.63, 3.8) is 0 Å². The average Bonchev–Trinajstić information content (AvgIpc) is 1.96. The van der Waals surface area contributed by atoms with Crippen LogP contribution >= 0.6 is 0 Å². The Bertz CT molecular complexity index is 107. The molecule has 0 aromatic heterocycles. The molecular formula is C10H23NO. The van der Waals surface area contributed by atoms with Crippen molar-refractivity contribution >= 4 is 0 Å².